The highest BCUT2D eigenvalue weighted by Gasteiger charge is 2.27. The van der Waals surface area contributed by atoms with Crippen molar-refractivity contribution in [3.8, 4) is 11.4 Å². The minimum Gasteiger partial charge on any atom is -0.377 e. The van der Waals surface area contributed by atoms with Crippen molar-refractivity contribution in [2.45, 2.75) is 25.9 Å². The van der Waals surface area contributed by atoms with E-state index in [1.807, 2.05) is 24.3 Å². The summed E-state index contributed by atoms with van der Waals surface area (Å²) >= 11 is 0. The Bertz CT molecular complexity index is 855. The van der Waals surface area contributed by atoms with Crippen LogP contribution in [0, 0.1) is 0 Å². The largest absolute Gasteiger partial charge is 0.377 e. The van der Waals surface area contributed by atoms with E-state index in [-0.39, 0.29) is 12.1 Å². The van der Waals surface area contributed by atoms with Crippen LogP contribution >= 0.6 is 0 Å². The maximum Gasteiger partial charge on any atom is 0.318 e. The third-order valence-electron chi connectivity index (χ3n) is 5.18. The van der Waals surface area contributed by atoms with Gasteiger partial charge in [-0.2, -0.15) is 0 Å². The number of amides is 2. The number of carbonyl (C=O) groups excluding carboxylic acids is 1. The van der Waals surface area contributed by atoms with E-state index >= 15 is 0 Å². The number of morpholine rings is 1. The average molecular weight is 382 g/mol. The number of ether oxygens (including phenoxy) is 1. The summed E-state index contributed by atoms with van der Waals surface area (Å²) in [4.78, 5) is 23.6. The number of hydrogen-bond donors (Lipinski definition) is 3. The van der Waals surface area contributed by atoms with Gasteiger partial charge in [-0.15, -0.1) is 0 Å². The van der Waals surface area contributed by atoms with Crippen LogP contribution in [0.25, 0.3) is 11.4 Å². The minimum absolute atomic E-state index is 0.242. The third-order valence-corrected chi connectivity index (χ3v) is 5.18. The Morgan fingerprint density at radius 2 is 2.11 bits per heavy atom. The van der Waals surface area contributed by atoms with Gasteiger partial charge in [0.2, 0.25) is 0 Å². The molecule has 8 nitrogen and oxygen atoms in total. The van der Waals surface area contributed by atoms with Crippen LogP contribution in [0.15, 0.2) is 24.3 Å². The summed E-state index contributed by atoms with van der Waals surface area (Å²) in [6.45, 7) is 6.15. The molecule has 2 aliphatic heterocycles. The number of anilines is 2. The van der Waals surface area contributed by atoms with Gasteiger partial charge in [-0.3, -0.25) is 0 Å². The highest BCUT2D eigenvalue weighted by molar-refractivity contribution is 5.89. The number of urea groups is 1. The van der Waals surface area contributed by atoms with Gasteiger partial charge in [0.25, 0.3) is 0 Å². The predicted octanol–water partition coefficient (Wildman–Crippen LogP) is 1.77. The van der Waals surface area contributed by atoms with Gasteiger partial charge in [-0.1, -0.05) is 0 Å². The fourth-order valence-electron chi connectivity index (χ4n) is 3.63. The van der Waals surface area contributed by atoms with E-state index in [0.717, 1.165) is 54.6 Å². The maximum absolute atomic E-state index is 11.5. The lowest BCUT2D eigenvalue weighted by Crippen LogP contribution is -2.45. The Hall–Kier alpha value is -2.71. The second-order valence-corrected chi connectivity index (χ2v) is 7.12. The number of nitrogens with zero attached hydrogens (tertiary/aromatic N) is 3. The number of carbonyl (C=O) groups is 1. The molecular weight excluding hydrogens is 356 g/mol. The molecule has 3 N–H and O–H groups in total. The van der Waals surface area contributed by atoms with E-state index in [0.29, 0.717) is 13.2 Å². The summed E-state index contributed by atoms with van der Waals surface area (Å²) < 4.78 is 5.61. The van der Waals surface area contributed by atoms with Crippen molar-refractivity contribution in [2.24, 2.45) is 0 Å². The summed E-state index contributed by atoms with van der Waals surface area (Å²) in [5.41, 5.74) is 3.98. The molecule has 1 aromatic carbocycles. The van der Waals surface area contributed by atoms with Gasteiger partial charge < -0.3 is 25.6 Å². The van der Waals surface area contributed by atoms with Crippen LogP contribution in [0.5, 0.6) is 0 Å². The second-order valence-electron chi connectivity index (χ2n) is 7.12. The third kappa shape index (κ3) is 3.79. The Morgan fingerprint density at radius 1 is 1.29 bits per heavy atom. The zero-order chi connectivity index (χ0) is 19.5. The first kappa shape index (κ1) is 18.6. The standard InChI is InChI=1S/C20H26N6O2/c1-13-12-28-10-9-26(13)19-16-11-22-8-7-17(16)24-18(25-19)14-3-5-15(6-4-14)23-20(27)21-2/h3-6,13,22H,7-12H2,1-2H3,(H2,21,23,27)/t13-/m0/s1. The summed E-state index contributed by atoms with van der Waals surface area (Å²) in [6, 6.07) is 7.66. The summed E-state index contributed by atoms with van der Waals surface area (Å²) in [6.07, 6.45) is 0.896. The molecule has 8 heteroatoms. The molecule has 0 saturated carbocycles. The van der Waals surface area contributed by atoms with Crippen LogP contribution in [0.4, 0.5) is 16.3 Å². The van der Waals surface area contributed by atoms with Crippen LogP contribution < -0.4 is 20.9 Å². The average Bonchev–Trinajstić information content (AvgIpc) is 2.74. The van der Waals surface area contributed by atoms with E-state index in [2.05, 4.69) is 27.8 Å². The highest BCUT2D eigenvalue weighted by atomic mass is 16.5. The van der Waals surface area contributed by atoms with Gasteiger partial charge in [0, 0.05) is 49.9 Å². The summed E-state index contributed by atoms with van der Waals surface area (Å²) in [7, 11) is 1.59. The van der Waals surface area contributed by atoms with Crippen LogP contribution in [0.3, 0.4) is 0 Å². The van der Waals surface area contributed by atoms with E-state index in [9.17, 15) is 4.79 Å². The molecule has 0 spiro atoms. The molecule has 3 heterocycles. The maximum atomic E-state index is 11.5. The molecule has 0 unspecified atom stereocenters. The van der Waals surface area contributed by atoms with Crippen LogP contribution in [0.1, 0.15) is 18.2 Å². The Kier molecular flexibility index (Phi) is 5.40. The highest BCUT2D eigenvalue weighted by Crippen LogP contribution is 2.29. The van der Waals surface area contributed by atoms with Crippen molar-refractivity contribution in [2.75, 3.05) is 43.6 Å². The zero-order valence-corrected chi connectivity index (χ0v) is 16.3. The quantitative estimate of drug-likeness (QED) is 0.749. The van der Waals surface area contributed by atoms with Crippen molar-refractivity contribution >= 4 is 17.5 Å². The van der Waals surface area contributed by atoms with Gasteiger partial charge >= 0.3 is 6.03 Å². The Morgan fingerprint density at radius 3 is 2.86 bits per heavy atom. The van der Waals surface area contributed by atoms with Gasteiger partial charge in [0.05, 0.1) is 24.9 Å². The van der Waals surface area contributed by atoms with Crippen molar-refractivity contribution in [1.29, 1.82) is 0 Å². The molecule has 2 amide bonds. The molecule has 148 valence electrons. The number of aromatic nitrogens is 2. The first-order valence-corrected chi connectivity index (χ1v) is 9.70. The topological polar surface area (TPSA) is 91.4 Å². The minimum atomic E-state index is -0.242. The van der Waals surface area contributed by atoms with E-state index in [4.69, 9.17) is 14.7 Å². The van der Waals surface area contributed by atoms with Gasteiger partial charge in [-0.25, -0.2) is 14.8 Å². The Balaban J connectivity index is 1.69. The predicted molar refractivity (Wildman–Crippen MR) is 109 cm³/mol. The lowest BCUT2D eigenvalue weighted by molar-refractivity contribution is 0.0984. The molecular formula is C20H26N6O2. The number of fused-ring (bicyclic) bond motifs is 1. The van der Waals surface area contributed by atoms with Crippen LogP contribution in [-0.2, 0) is 17.7 Å². The molecule has 2 aliphatic rings. The summed E-state index contributed by atoms with van der Waals surface area (Å²) in [5, 5.41) is 8.75. The smallest absolute Gasteiger partial charge is 0.318 e. The van der Waals surface area contributed by atoms with Crippen LogP contribution in [-0.4, -0.2) is 55.4 Å². The molecule has 1 aromatic heterocycles. The molecule has 1 atom stereocenters. The lowest BCUT2D eigenvalue weighted by Gasteiger charge is -2.36. The molecule has 28 heavy (non-hydrogen) atoms. The number of hydrogen-bond acceptors (Lipinski definition) is 6. The van der Waals surface area contributed by atoms with E-state index in [1.54, 1.807) is 7.05 Å². The van der Waals surface area contributed by atoms with Crippen molar-refractivity contribution < 1.29 is 9.53 Å². The monoisotopic (exact) mass is 382 g/mol. The number of rotatable bonds is 3. The van der Waals surface area contributed by atoms with Crippen molar-refractivity contribution in [3.05, 3.63) is 35.5 Å². The number of nitrogens with one attached hydrogen (secondary N) is 3. The lowest BCUT2D eigenvalue weighted by atomic mass is 10.1. The molecule has 4 rings (SSSR count). The summed E-state index contributed by atoms with van der Waals surface area (Å²) in [5.74, 6) is 1.73. The zero-order valence-electron chi connectivity index (χ0n) is 16.3. The van der Waals surface area contributed by atoms with Crippen molar-refractivity contribution in [1.82, 2.24) is 20.6 Å². The molecule has 0 aliphatic carbocycles. The molecule has 1 fully saturated rings. The van der Waals surface area contributed by atoms with E-state index < -0.39 is 0 Å². The molecule has 1 saturated heterocycles. The van der Waals surface area contributed by atoms with Gasteiger partial charge in [-0.05, 0) is 31.2 Å². The fourth-order valence-corrected chi connectivity index (χ4v) is 3.63. The second kappa shape index (κ2) is 8.12. The molecule has 0 bridgehead atoms. The van der Waals surface area contributed by atoms with Crippen molar-refractivity contribution in [3.63, 3.8) is 0 Å². The molecule has 0 radical (unpaired) electrons. The fraction of sp³-hybridized carbons (Fsp3) is 0.450. The first-order chi connectivity index (χ1) is 13.7. The number of benzene rings is 1. The van der Waals surface area contributed by atoms with E-state index in [1.165, 1.54) is 5.56 Å². The SMILES string of the molecule is CNC(=O)Nc1ccc(-c2nc3c(c(N4CCOC[C@@H]4C)n2)CNCC3)cc1. The Labute approximate surface area is 164 Å². The first-order valence-electron chi connectivity index (χ1n) is 9.70. The van der Waals surface area contributed by atoms with Crippen LogP contribution in [0.2, 0.25) is 0 Å². The van der Waals surface area contributed by atoms with Gasteiger partial charge in [0.15, 0.2) is 5.82 Å². The van der Waals surface area contributed by atoms with Gasteiger partial charge in [0.1, 0.15) is 5.82 Å². The molecule has 2 aromatic rings. The normalized spacial score (nSPS) is 19.1.